The van der Waals surface area contributed by atoms with Crippen LogP contribution in [0.1, 0.15) is 18.9 Å². The van der Waals surface area contributed by atoms with Crippen LogP contribution < -0.4 is 15.4 Å². The standard InChI is InChI=1S/C18H21ClN2O2/c1-3-9-23-16-6-4-5-15(10-16)21-18(22)12-20-14-8-7-13(2)17(19)11-14/h4-8,10-11,20H,3,9,12H2,1-2H3,(H,21,22). The van der Waals surface area contributed by atoms with E-state index >= 15 is 0 Å². The zero-order valence-corrected chi connectivity index (χ0v) is 14.1. The molecule has 0 heterocycles. The Kier molecular flexibility index (Phi) is 6.29. The van der Waals surface area contributed by atoms with Crippen molar-refractivity contribution < 1.29 is 9.53 Å². The maximum absolute atomic E-state index is 12.0. The molecule has 0 spiro atoms. The van der Waals surface area contributed by atoms with Gasteiger partial charge < -0.3 is 15.4 Å². The molecule has 2 N–H and O–H groups in total. The number of ether oxygens (including phenoxy) is 1. The molecule has 0 aliphatic carbocycles. The first-order valence-corrected chi connectivity index (χ1v) is 7.99. The highest BCUT2D eigenvalue weighted by molar-refractivity contribution is 6.31. The normalized spacial score (nSPS) is 10.2. The second-order valence-electron chi connectivity index (χ2n) is 5.24. The number of aryl methyl sites for hydroxylation is 1. The van der Waals surface area contributed by atoms with Crippen LogP contribution in [-0.2, 0) is 4.79 Å². The van der Waals surface area contributed by atoms with Crippen LogP contribution in [0.3, 0.4) is 0 Å². The molecule has 0 saturated carbocycles. The van der Waals surface area contributed by atoms with E-state index in [0.29, 0.717) is 17.3 Å². The molecule has 0 radical (unpaired) electrons. The minimum atomic E-state index is -0.130. The predicted molar refractivity (Wildman–Crippen MR) is 95.5 cm³/mol. The van der Waals surface area contributed by atoms with Gasteiger partial charge in [0, 0.05) is 22.5 Å². The lowest BCUT2D eigenvalue weighted by Crippen LogP contribution is -2.21. The Bertz CT molecular complexity index is 674. The van der Waals surface area contributed by atoms with E-state index < -0.39 is 0 Å². The van der Waals surface area contributed by atoms with Crippen molar-refractivity contribution in [1.82, 2.24) is 0 Å². The minimum Gasteiger partial charge on any atom is -0.494 e. The summed E-state index contributed by atoms with van der Waals surface area (Å²) in [5.74, 6) is 0.622. The largest absolute Gasteiger partial charge is 0.494 e. The molecule has 0 bridgehead atoms. The molecule has 4 nitrogen and oxygen atoms in total. The number of benzene rings is 2. The summed E-state index contributed by atoms with van der Waals surface area (Å²) < 4.78 is 5.55. The van der Waals surface area contributed by atoms with Crippen LogP contribution in [0.5, 0.6) is 5.75 Å². The summed E-state index contributed by atoms with van der Waals surface area (Å²) in [6.07, 6.45) is 0.944. The molecular weight excluding hydrogens is 312 g/mol. The summed E-state index contributed by atoms with van der Waals surface area (Å²) in [6, 6.07) is 13.0. The van der Waals surface area contributed by atoms with E-state index in [9.17, 15) is 4.79 Å². The summed E-state index contributed by atoms with van der Waals surface area (Å²) in [4.78, 5) is 12.0. The van der Waals surface area contributed by atoms with E-state index in [2.05, 4.69) is 17.6 Å². The highest BCUT2D eigenvalue weighted by Gasteiger charge is 2.04. The summed E-state index contributed by atoms with van der Waals surface area (Å²) in [5, 5.41) is 6.57. The van der Waals surface area contributed by atoms with E-state index in [1.165, 1.54) is 0 Å². The fourth-order valence-corrected chi connectivity index (χ4v) is 2.15. The molecular formula is C18H21ClN2O2. The molecule has 0 aromatic heterocycles. The van der Waals surface area contributed by atoms with Crippen molar-refractivity contribution in [2.45, 2.75) is 20.3 Å². The Labute approximate surface area is 141 Å². The Hall–Kier alpha value is -2.20. The number of nitrogens with one attached hydrogen (secondary N) is 2. The SMILES string of the molecule is CCCOc1cccc(NC(=O)CNc2ccc(C)c(Cl)c2)c1. The van der Waals surface area contributed by atoms with Gasteiger partial charge in [0.25, 0.3) is 0 Å². The fourth-order valence-electron chi connectivity index (χ4n) is 1.97. The zero-order valence-electron chi connectivity index (χ0n) is 13.4. The summed E-state index contributed by atoms with van der Waals surface area (Å²) in [7, 11) is 0. The summed E-state index contributed by atoms with van der Waals surface area (Å²) in [6.45, 7) is 4.81. The van der Waals surface area contributed by atoms with E-state index in [0.717, 1.165) is 23.4 Å². The highest BCUT2D eigenvalue weighted by atomic mass is 35.5. The smallest absolute Gasteiger partial charge is 0.243 e. The van der Waals surface area contributed by atoms with Gasteiger partial charge in [0.1, 0.15) is 5.75 Å². The Morgan fingerprint density at radius 3 is 2.74 bits per heavy atom. The molecule has 0 saturated heterocycles. The summed E-state index contributed by atoms with van der Waals surface area (Å²) >= 11 is 6.06. The lowest BCUT2D eigenvalue weighted by atomic mass is 10.2. The average Bonchev–Trinajstić information content (AvgIpc) is 2.54. The van der Waals surface area contributed by atoms with Gasteiger partial charge in [-0.1, -0.05) is 30.7 Å². The number of carbonyl (C=O) groups excluding carboxylic acids is 1. The summed E-state index contributed by atoms with van der Waals surface area (Å²) in [5.41, 5.74) is 2.54. The van der Waals surface area contributed by atoms with Gasteiger partial charge in [0.05, 0.1) is 13.2 Å². The number of hydrogen-bond acceptors (Lipinski definition) is 3. The van der Waals surface area contributed by atoms with Gasteiger partial charge in [-0.15, -0.1) is 0 Å². The third-order valence-electron chi connectivity index (χ3n) is 3.22. The number of amides is 1. The van der Waals surface area contributed by atoms with Gasteiger partial charge in [0.15, 0.2) is 0 Å². The van der Waals surface area contributed by atoms with Crippen molar-refractivity contribution >= 4 is 28.9 Å². The van der Waals surface area contributed by atoms with Gasteiger partial charge in [0.2, 0.25) is 5.91 Å². The number of rotatable bonds is 7. The van der Waals surface area contributed by atoms with Gasteiger partial charge in [-0.3, -0.25) is 4.79 Å². The van der Waals surface area contributed by atoms with Crippen LogP contribution in [0.2, 0.25) is 5.02 Å². The van der Waals surface area contributed by atoms with Crippen molar-refractivity contribution in [1.29, 1.82) is 0 Å². The Morgan fingerprint density at radius 1 is 1.17 bits per heavy atom. The first kappa shape index (κ1) is 17.2. The first-order chi connectivity index (χ1) is 11.1. The molecule has 0 unspecified atom stereocenters. The van der Waals surface area contributed by atoms with E-state index in [4.69, 9.17) is 16.3 Å². The maximum Gasteiger partial charge on any atom is 0.243 e. The van der Waals surface area contributed by atoms with Crippen LogP contribution in [0.25, 0.3) is 0 Å². The van der Waals surface area contributed by atoms with Crippen molar-refractivity contribution in [2.24, 2.45) is 0 Å². The molecule has 2 aromatic carbocycles. The minimum absolute atomic E-state index is 0.130. The van der Waals surface area contributed by atoms with Gasteiger partial charge in [-0.25, -0.2) is 0 Å². The third-order valence-corrected chi connectivity index (χ3v) is 3.62. The zero-order chi connectivity index (χ0) is 16.7. The topological polar surface area (TPSA) is 50.4 Å². The monoisotopic (exact) mass is 332 g/mol. The second kappa shape index (κ2) is 8.44. The molecule has 0 fully saturated rings. The third kappa shape index (κ3) is 5.49. The van der Waals surface area contributed by atoms with E-state index in [-0.39, 0.29) is 12.5 Å². The Balaban J connectivity index is 1.88. The lowest BCUT2D eigenvalue weighted by Gasteiger charge is -2.10. The number of hydrogen-bond donors (Lipinski definition) is 2. The molecule has 0 aliphatic heterocycles. The van der Waals surface area contributed by atoms with Crippen molar-refractivity contribution in [3.8, 4) is 5.75 Å². The lowest BCUT2D eigenvalue weighted by molar-refractivity contribution is -0.114. The second-order valence-corrected chi connectivity index (χ2v) is 5.65. The van der Waals surface area contributed by atoms with Gasteiger partial charge in [-0.05, 0) is 43.2 Å². The molecule has 5 heteroatoms. The van der Waals surface area contributed by atoms with Gasteiger partial charge in [-0.2, -0.15) is 0 Å². The van der Waals surface area contributed by atoms with Gasteiger partial charge >= 0.3 is 0 Å². The Morgan fingerprint density at radius 2 is 2.00 bits per heavy atom. The van der Waals surface area contributed by atoms with Crippen LogP contribution in [0.15, 0.2) is 42.5 Å². The molecule has 0 atom stereocenters. The molecule has 2 aromatic rings. The molecule has 122 valence electrons. The van der Waals surface area contributed by atoms with Crippen LogP contribution in [0, 0.1) is 6.92 Å². The highest BCUT2D eigenvalue weighted by Crippen LogP contribution is 2.20. The fraction of sp³-hybridized carbons (Fsp3) is 0.278. The first-order valence-electron chi connectivity index (χ1n) is 7.61. The molecule has 1 amide bonds. The number of anilines is 2. The number of carbonyl (C=O) groups is 1. The molecule has 23 heavy (non-hydrogen) atoms. The van der Waals surface area contributed by atoms with Crippen LogP contribution >= 0.6 is 11.6 Å². The quantitative estimate of drug-likeness (QED) is 0.785. The maximum atomic E-state index is 12.0. The number of halogens is 1. The van der Waals surface area contributed by atoms with E-state index in [1.807, 2.05) is 49.4 Å². The van der Waals surface area contributed by atoms with Crippen LogP contribution in [0.4, 0.5) is 11.4 Å². The van der Waals surface area contributed by atoms with Crippen molar-refractivity contribution in [3.05, 3.63) is 53.1 Å². The van der Waals surface area contributed by atoms with Crippen molar-refractivity contribution in [3.63, 3.8) is 0 Å². The van der Waals surface area contributed by atoms with Crippen molar-refractivity contribution in [2.75, 3.05) is 23.8 Å². The van der Waals surface area contributed by atoms with E-state index in [1.54, 1.807) is 0 Å². The predicted octanol–water partition coefficient (Wildman–Crippen LogP) is 4.49. The molecule has 2 rings (SSSR count). The molecule has 0 aliphatic rings. The van der Waals surface area contributed by atoms with Crippen LogP contribution in [-0.4, -0.2) is 19.1 Å². The average molecular weight is 333 g/mol.